The number of benzene rings is 1. The summed E-state index contributed by atoms with van der Waals surface area (Å²) in [4.78, 5) is 0. The van der Waals surface area contributed by atoms with Crippen LogP contribution in [-0.4, -0.2) is 20.6 Å². The molecule has 2 aromatic rings. The lowest BCUT2D eigenvalue weighted by molar-refractivity contribution is -0.137. The number of nitriles is 1. The average molecular weight is 359 g/mol. The van der Waals surface area contributed by atoms with E-state index in [1.54, 1.807) is 6.07 Å². The number of allylic oxidation sites excluding steroid dienone is 1. The second-order valence-corrected chi connectivity index (χ2v) is 4.65. The Labute approximate surface area is 124 Å². The number of hydrogen-bond donors (Lipinski definition) is 2. The first-order chi connectivity index (χ1) is 9.91. The van der Waals surface area contributed by atoms with E-state index in [4.69, 9.17) is 5.26 Å². The van der Waals surface area contributed by atoms with Gasteiger partial charge in [0.05, 0.1) is 11.3 Å². The van der Waals surface area contributed by atoms with Gasteiger partial charge in [0, 0.05) is 10.7 Å². The zero-order chi connectivity index (χ0) is 15.5. The molecular weight excluding hydrogens is 353 g/mol. The Morgan fingerprint density at radius 2 is 2.19 bits per heavy atom. The second-order valence-electron chi connectivity index (χ2n) is 3.74. The summed E-state index contributed by atoms with van der Waals surface area (Å²) >= 11 is 2.99. The van der Waals surface area contributed by atoms with Crippen molar-refractivity contribution in [3.8, 4) is 6.07 Å². The molecule has 6 nitrogen and oxygen atoms in total. The van der Waals surface area contributed by atoms with E-state index >= 15 is 0 Å². The van der Waals surface area contributed by atoms with Crippen LogP contribution in [0.15, 0.2) is 28.9 Å². The van der Waals surface area contributed by atoms with Crippen molar-refractivity contribution in [1.82, 2.24) is 20.6 Å². The summed E-state index contributed by atoms with van der Waals surface area (Å²) in [5, 5.41) is 24.0. The van der Waals surface area contributed by atoms with Gasteiger partial charge in [0.15, 0.2) is 0 Å². The van der Waals surface area contributed by atoms with Crippen molar-refractivity contribution >= 4 is 27.2 Å². The van der Waals surface area contributed by atoms with Crippen LogP contribution in [0.1, 0.15) is 11.4 Å². The van der Waals surface area contributed by atoms with E-state index in [2.05, 4.69) is 41.9 Å². The zero-order valence-electron chi connectivity index (χ0n) is 10.1. The number of nitrogens with zero attached hydrogens (tertiary/aromatic N) is 4. The molecule has 108 valence electrons. The Kier molecular flexibility index (Phi) is 4.23. The molecule has 1 heterocycles. The Bertz CT molecular complexity index is 702. The van der Waals surface area contributed by atoms with Gasteiger partial charge < -0.3 is 5.32 Å². The van der Waals surface area contributed by atoms with E-state index in [0.717, 1.165) is 12.3 Å². The van der Waals surface area contributed by atoms with Gasteiger partial charge in [-0.1, -0.05) is 15.9 Å². The number of aromatic amines is 1. The quantitative estimate of drug-likeness (QED) is 0.823. The number of H-pyrrole nitrogens is 1. The maximum Gasteiger partial charge on any atom is 0.418 e. The molecule has 0 amide bonds. The predicted molar refractivity (Wildman–Crippen MR) is 70.5 cm³/mol. The third-order valence-electron chi connectivity index (χ3n) is 2.37. The normalized spacial score (nSPS) is 12.0. The smallest absolute Gasteiger partial charge is 0.360 e. The largest absolute Gasteiger partial charge is 0.418 e. The Hall–Kier alpha value is -2.41. The van der Waals surface area contributed by atoms with Crippen LogP contribution < -0.4 is 5.32 Å². The van der Waals surface area contributed by atoms with Gasteiger partial charge in [-0.3, -0.25) is 0 Å². The van der Waals surface area contributed by atoms with Crippen LogP contribution in [0.2, 0.25) is 0 Å². The topological polar surface area (TPSA) is 90.3 Å². The Balaban J connectivity index is 2.34. The number of alkyl halides is 3. The van der Waals surface area contributed by atoms with Gasteiger partial charge in [-0.05, 0) is 23.4 Å². The standard InChI is InChI=1S/C11H6BrF3N6/c12-7-1-2-9(8(3-7)11(13,14)15)17-5-6(4-16)10-18-20-21-19-10/h1-3,5,17H,(H,18,19,20,21). The fourth-order valence-electron chi connectivity index (χ4n) is 1.45. The second kappa shape index (κ2) is 5.92. The Morgan fingerprint density at radius 1 is 1.43 bits per heavy atom. The van der Waals surface area contributed by atoms with Crippen molar-refractivity contribution in [3.05, 3.63) is 40.3 Å². The molecule has 0 spiro atoms. The van der Waals surface area contributed by atoms with Crippen LogP contribution in [0.3, 0.4) is 0 Å². The minimum absolute atomic E-state index is 0.0179. The minimum atomic E-state index is -4.53. The van der Waals surface area contributed by atoms with Crippen molar-refractivity contribution in [2.45, 2.75) is 6.18 Å². The van der Waals surface area contributed by atoms with E-state index in [1.807, 2.05) is 0 Å². The summed E-state index contributed by atoms with van der Waals surface area (Å²) in [5.41, 5.74) is -1.11. The molecule has 0 radical (unpaired) electrons. The molecule has 0 aliphatic carbocycles. The van der Waals surface area contributed by atoms with Gasteiger partial charge in [0.25, 0.3) is 0 Å². The average Bonchev–Trinajstić information content (AvgIpc) is 2.94. The van der Waals surface area contributed by atoms with Gasteiger partial charge >= 0.3 is 6.18 Å². The third-order valence-corrected chi connectivity index (χ3v) is 2.86. The number of anilines is 1. The van der Waals surface area contributed by atoms with E-state index in [0.29, 0.717) is 4.47 Å². The molecule has 0 atom stereocenters. The van der Waals surface area contributed by atoms with Gasteiger partial charge in [-0.15, -0.1) is 10.2 Å². The van der Waals surface area contributed by atoms with Crippen molar-refractivity contribution < 1.29 is 13.2 Å². The number of tetrazole rings is 1. The fourth-order valence-corrected chi connectivity index (χ4v) is 1.81. The molecule has 0 unspecified atom stereocenters. The van der Waals surface area contributed by atoms with Crippen LogP contribution in [0, 0.1) is 11.3 Å². The molecule has 2 N–H and O–H groups in total. The maximum absolute atomic E-state index is 12.9. The van der Waals surface area contributed by atoms with Crippen LogP contribution in [0.5, 0.6) is 0 Å². The summed E-state index contributed by atoms with van der Waals surface area (Å²) in [6, 6.07) is 5.40. The number of rotatable bonds is 3. The van der Waals surface area contributed by atoms with Crippen molar-refractivity contribution in [1.29, 1.82) is 5.26 Å². The lowest BCUT2D eigenvalue weighted by atomic mass is 10.1. The van der Waals surface area contributed by atoms with Gasteiger partial charge in [0.2, 0.25) is 5.82 Å². The molecular formula is C11H6BrF3N6. The third kappa shape index (κ3) is 3.57. The van der Waals surface area contributed by atoms with Crippen molar-refractivity contribution in [3.63, 3.8) is 0 Å². The van der Waals surface area contributed by atoms with E-state index in [-0.39, 0.29) is 17.1 Å². The lowest BCUT2D eigenvalue weighted by Crippen LogP contribution is -2.08. The molecule has 0 saturated carbocycles. The molecule has 1 aromatic carbocycles. The monoisotopic (exact) mass is 358 g/mol. The van der Waals surface area contributed by atoms with Gasteiger partial charge in [-0.25, -0.2) is 0 Å². The van der Waals surface area contributed by atoms with Crippen molar-refractivity contribution in [2.75, 3.05) is 5.32 Å². The molecule has 0 aliphatic rings. The lowest BCUT2D eigenvalue weighted by Gasteiger charge is -2.13. The van der Waals surface area contributed by atoms with E-state index in [9.17, 15) is 13.2 Å². The maximum atomic E-state index is 12.9. The first-order valence-corrected chi connectivity index (χ1v) is 6.18. The van der Waals surface area contributed by atoms with Crippen molar-refractivity contribution in [2.24, 2.45) is 0 Å². The molecule has 21 heavy (non-hydrogen) atoms. The van der Waals surface area contributed by atoms with Gasteiger partial charge in [-0.2, -0.15) is 23.6 Å². The number of nitrogens with one attached hydrogen (secondary N) is 2. The summed E-state index contributed by atoms with van der Waals surface area (Å²) in [5.74, 6) is -0.0179. The minimum Gasteiger partial charge on any atom is -0.360 e. The highest BCUT2D eigenvalue weighted by Gasteiger charge is 2.33. The predicted octanol–water partition coefficient (Wildman–Crippen LogP) is 2.96. The first-order valence-electron chi connectivity index (χ1n) is 5.39. The Morgan fingerprint density at radius 3 is 2.76 bits per heavy atom. The molecule has 0 bridgehead atoms. The number of hydrogen-bond acceptors (Lipinski definition) is 5. The summed E-state index contributed by atoms with van der Waals surface area (Å²) in [7, 11) is 0. The van der Waals surface area contributed by atoms with Crippen LogP contribution in [0.25, 0.3) is 5.57 Å². The zero-order valence-corrected chi connectivity index (χ0v) is 11.7. The number of halogens is 4. The van der Waals surface area contributed by atoms with Crippen LogP contribution in [0.4, 0.5) is 18.9 Å². The SMILES string of the molecule is N#CC(=CNc1ccc(Br)cc1C(F)(F)F)c1nn[nH]n1. The molecule has 0 fully saturated rings. The first kappa shape index (κ1) is 15.0. The molecule has 2 rings (SSSR count). The highest BCUT2D eigenvalue weighted by molar-refractivity contribution is 9.10. The highest BCUT2D eigenvalue weighted by atomic mass is 79.9. The fraction of sp³-hybridized carbons (Fsp3) is 0.0909. The summed E-state index contributed by atoms with van der Waals surface area (Å²) < 4.78 is 39.1. The van der Waals surface area contributed by atoms with E-state index in [1.165, 1.54) is 12.1 Å². The molecule has 0 saturated heterocycles. The highest BCUT2D eigenvalue weighted by Crippen LogP contribution is 2.36. The molecule has 1 aromatic heterocycles. The molecule has 10 heteroatoms. The van der Waals surface area contributed by atoms with Gasteiger partial charge in [0.1, 0.15) is 11.6 Å². The summed E-state index contributed by atoms with van der Waals surface area (Å²) in [6.45, 7) is 0. The number of aromatic nitrogens is 4. The van der Waals surface area contributed by atoms with Crippen LogP contribution >= 0.6 is 15.9 Å². The van der Waals surface area contributed by atoms with Crippen LogP contribution in [-0.2, 0) is 6.18 Å². The molecule has 0 aliphatic heterocycles. The van der Waals surface area contributed by atoms with E-state index < -0.39 is 11.7 Å². The summed E-state index contributed by atoms with van der Waals surface area (Å²) in [6.07, 6.45) is -3.44.